The van der Waals surface area contributed by atoms with Crippen LogP contribution in [0.4, 0.5) is 5.69 Å². The summed E-state index contributed by atoms with van der Waals surface area (Å²) in [4.78, 5) is 23.3. The predicted octanol–water partition coefficient (Wildman–Crippen LogP) is 2.81. The molecule has 0 aliphatic heterocycles. The van der Waals surface area contributed by atoms with Crippen molar-refractivity contribution in [3.05, 3.63) is 53.1 Å². The lowest BCUT2D eigenvalue weighted by Gasteiger charge is -2.10. The third-order valence-corrected chi connectivity index (χ3v) is 3.54. The lowest BCUT2D eigenvalue weighted by Crippen LogP contribution is -2.20. The Kier molecular flexibility index (Phi) is 5.42. The van der Waals surface area contributed by atoms with Gasteiger partial charge in [-0.1, -0.05) is 6.07 Å². The molecule has 6 heteroatoms. The number of ether oxygens (including phenoxy) is 2. The van der Waals surface area contributed by atoms with Gasteiger partial charge in [0.05, 0.1) is 18.4 Å². The fourth-order valence-electron chi connectivity index (χ4n) is 2.02. The first-order valence-corrected chi connectivity index (χ1v) is 7.32. The minimum Gasteiger partial charge on any atom is -0.506 e. The molecule has 6 nitrogen and oxygen atoms in total. The van der Waals surface area contributed by atoms with E-state index in [1.54, 1.807) is 6.07 Å². The molecular weight excluding hydrogens is 310 g/mol. The highest BCUT2D eigenvalue weighted by molar-refractivity contribution is 5.95. The van der Waals surface area contributed by atoms with Crippen LogP contribution in [0.2, 0.25) is 0 Å². The second kappa shape index (κ2) is 7.50. The smallest absolute Gasteiger partial charge is 0.337 e. The number of amides is 1. The summed E-state index contributed by atoms with van der Waals surface area (Å²) in [5.74, 6) is -0.619. The van der Waals surface area contributed by atoms with Crippen molar-refractivity contribution < 1.29 is 24.2 Å². The van der Waals surface area contributed by atoms with Crippen molar-refractivity contribution in [1.82, 2.24) is 0 Å². The van der Waals surface area contributed by atoms with Crippen LogP contribution in [0.5, 0.6) is 11.5 Å². The number of rotatable bonds is 5. The summed E-state index contributed by atoms with van der Waals surface area (Å²) < 4.78 is 9.99. The van der Waals surface area contributed by atoms with E-state index in [-0.39, 0.29) is 23.6 Å². The molecule has 126 valence electrons. The quantitative estimate of drug-likeness (QED) is 0.651. The average molecular weight is 329 g/mol. The summed E-state index contributed by atoms with van der Waals surface area (Å²) in [6.07, 6.45) is 0. The van der Waals surface area contributed by atoms with E-state index in [1.807, 2.05) is 26.0 Å². The molecule has 0 spiro atoms. The molecule has 0 bridgehead atoms. The summed E-state index contributed by atoms with van der Waals surface area (Å²) >= 11 is 0. The molecule has 24 heavy (non-hydrogen) atoms. The number of aryl methyl sites for hydroxylation is 2. The third-order valence-electron chi connectivity index (χ3n) is 3.54. The lowest BCUT2D eigenvalue weighted by atomic mass is 10.1. The topological polar surface area (TPSA) is 84.9 Å². The van der Waals surface area contributed by atoms with Crippen LogP contribution in [0.1, 0.15) is 21.5 Å². The monoisotopic (exact) mass is 329 g/mol. The molecule has 0 atom stereocenters. The van der Waals surface area contributed by atoms with Crippen LogP contribution in [-0.2, 0) is 9.53 Å². The second-order valence-corrected chi connectivity index (χ2v) is 5.31. The van der Waals surface area contributed by atoms with E-state index in [4.69, 9.17) is 4.74 Å². The third kappa shape index (κ3) is 4.25. The van der Waals surface area contributed by atoms with Gasteiger partial charge >= 0.3 is 5.97 Å². The van der Waals surface area contributed by atoms with E-state index in [1.165, 1.54) is 25.3 Å². The van der Waals surface area contributed by atoms with Gasteiger partial charge in [0.25, 0.3) is 5.91 Å². The van der Waals surface area contributed by atoms with E-state index in [9.17, 15) is 14.7 Å². The molecule has 2 N–H and O–H groups in total. The number of phenolic OH excluding ortho intramolecular Hbond substituents is 1. The van der Waals surface area contributed by atoms with Crippen molar-refractivity contribution in [3.63, 3.8) is 0 Å². The average Bonchev–Trinajstić information content (AvgIpc) is 2.57. The van der Waals surface area contributed by atoms with E-state index < -0.39 is 11.9 Å². The number of methoxy groups -OCH3 is 1. The molecule has 0 fully saturated rings. The Bertz CT molecular complexity index is 770. The maximum Gasteiger partial charge on any atom is 0.337 e. The number of carbonyl (C=O) groups is 2. The Morgan fingerprint density at radius 3 is 2.46 bits per heavy atom. The first-order valence-electron chi connectivity index (χ1n) is 7.32. The molecule has 0 heterocycles. The first kappa shape index (κ1) is 17.3. The lowest BCUT2D eigenvalue weighted by molar-refractivity contribution is -0.118. The highest BCUT2D eigenvalue weighted by Crippen LogP contribution is 2.24. The van der Waals surface area contributed by atoms with E-state index >= 15 is 0 Å². The van der Waals surface area contributed by atoms with Crippen molar-refractivity contribution in [2.45, 2.75) is 13.8 Å². The van der Waals surface area contributed by atoms with Crippen LogP contribution in [-0.4, -0.2) is 30.7 Å². The number of nitrogens with one attached hydrogen (secondary N) is 1. The van der Waals surface area contributed by atoms with Gasteiger partial charge in [0.1, 0.15) is 11.5 Å². The first-order chi connectivity index (χ1) is 11.4. The SMILES string of the molecule is COC(=O)c1ccc(NC(=O)COc2ccc(C)c(C)c2)c(O)c1. The van der Waals surface area contributed by atoms with Crippen molar-refractivity contribution in [2.24, 2.45) is 0 Å². The van der Waals surface area contributed by atoms with E-state index in [2.05, 4.69) is 10.1 Å². The van der Waals surface area contributed by atoms with Gasteiger partial charge in [0, 0.05) is 0 Å². The van der Waals surface area contributed by atoms with Crippen LogP contribution in [0.15, 0.2) is 36.4 Å². The molecule has 0 radical (unpaired) electrons. The number of benzene rings is 2. The summed E-state index contributed by atoms with van der Waals surface area (Å²) in [5.41, 5.74) is 2.60. The van der Waals surface area contributed by atoms with Crippen LogP contribution >= 0.6 is 0 Å². The number of hydrogen-bond donors (Lipinski definition) is 2. The maximum absolute atomic E-state index is 11.9. The molecule has 0 aliphatic rings. The fourth-order valence-corrected chi connectivity index (χ4v) is 2.02. The Balaban J connectivity index is 1.97. The summed E-state index contributed by atoms with van der Waals surface area (Å²) in [7, 11) is 1.25. The van der Waals surface area contributed by atoms with E-state index in [0.717, 1.165) is 11.1 Å². The molecule has 0 aliphatic carbocycles. The molecule has 0 aromatic heterocycles. The van der Waals surface area contributed by atoms with Crippen molar-refractivity contribution in [3.8, 4) is 11.5 Å². The van der Waals surface area contributed by atoms with Gasteiger partial charge in [-0.25, -0.2) is 4.79 Å². The van der Waals surface area contributed by atoms with Crippen molar-refractivity contribution in [2.75, 3.05) is 19.0 Å². The highest BCUT2D eigenvalue weighted by atomic mass is 16.5. The Labute approximate surface area is 140 Å². The van der Waals surface area contributed by atoms with Gasteiger partial charge in [-0.3, -0.25) is 4.79 Å². The molecule has 2 aromatic rings. The Morgan fingerprint density at radius 2 is 1.83 bits per heavy atom. The van der Waals surface area contributed by atoms with Gasteiger partial charge < -0.3 is 19.9 Å². The summed E-state index contributed by atoms with van der Waals surface area (Å²) in [6, 6.07) is 9.66. The van der Waals surface area contributed by atoms with Crippen molar-refractivity contribution in [1.29, 1.82) is 0 Å². The maximum atomic E-state index is 11.9. The highest BCUT2D eigenvalue weighted by Gasteiger charge is 2.12. The van der Waals surface area contributed by atoms with Crippen molar-refractivity contribution >= 4 is 17.6 Å². The molecule has 1 amide bonds. The number of hydrogen-bond acceptors (Lipinski definition) is 5. The fraction of sp³-hybridized carbons (Fsp3) is 0.222. The zero-order valence-electron chi connectivity index (χ0n) is 13.8. The van der Waals surface area contributed by atoms with Crippen LogP contribution in [0.25, 0.3) is 0 Å². The second-order valence-electron chi connectivity index (χ2n) is 5.31. The van der Waals surface area contributed by atoms with Gasteiger partial charge in [-0.05, 0) is 55.3 Å². The van der Waals surface area contributed by atoms with Crippen LogP contribution in [0, 0.1) is 13.8 Å². The minimum absolute atomic E-state index is 0.191. The molecular formula is C18H19NO5. The van der Waals surface area contributed by atoms with E-state index in [0.29, 0.717) is 5.75 Å². The number of anilines is 1. The molecule has 2 rings (SSSR count). The van der Waals surface area contributed by atoms with Crippen LogP contribution in [0.3, 0.4) is 0 Å². The number of carbonyl (C=O) groups excluding carboxylic acids is 2. The molecule has 0 unspecified atom stereocenters. The molecule has 0 saturated heterocycles. The zero-order valence-corrected chi connectivity index (χ0v) is 13.8. The number of phenols is 1. The van der Waals surface area contributed by atoms with Crippen LogP contribution < -0.4 is 10.1 Å². The van der Waals surface area contributed by atoms with Gasteiger partial charge in [0.15, 0.2) is 6.61 Å². The zero-order chi connectivity index (χ0) is 17.7. The summed E-state index contributed by atoms with van der Waals surface area (Å²) in [5, 5.41) is 12.4. The van der Waals surface area contributed by atoms with Gasteiger partial charge in [-0.2, -0.15) is 0 Å². The molecule has 2 aromatic carbocycles. The standard InChI is InChI=1S/C18H19NO5/c1-11-4-6-14(8-12(11)2)24-10-17(21)19-15-7-5-13(9-16(15)20)18(22)23-3/h4-9,20H,10H2,1-3H3,(H,19,21). The summed E-state index contributed by atoms with van der Waals surface area (Å²) in [6.45, 7) is 3.76. The molecule has 0 saturated carbocycles. The number of aromatic hydroxyl groups is 1. The predicted molar refractivity (Wildman–Crippen MR) is 89.5 cm³/mol. The van der Waals surface area contributed by atoms with Gasteiger partial charge in [0.2, 0.25) is 0 Å². The number of esters is 1. The van der Waals surface area contributed by atoms with Gasteiger partial charge in [-0.15, -0.1) is 0 Å². The minimum atomic E-state index is -0.568. The largest absolute Gasteiger partial charge is 0.506 e. The normalized spacial score (nSPS) is 10.1. The Morgan fingerprint density at radius 1 is 1.08 bits per heavy atom. The Hall–Kier alpha value is -3.02.